The number of anilines is 1. The molecule has 0 spiro atoms. The average molecular weight is 280 g/mol. The van der Waals surface area contributed by atoms with E-state index in [0.717, 1.165) is 12.8 Å². The monoisotopic (exact) mass is 280 g/mol. The van der Waals surface area contributed by atoms with Crippen LogP contribution in [0.2, 0.25) is 0 Å². The maximum atomic E-state index is 11.8. The van der Waals surface area contributed by atoms with Crippen molar-refractivity contribution in [3.8, 4) is 0 Å². The lowest BCUT2D eigenvalue weighted by Gasteiger charge is -1.98. The number of rotatable bonds is 6. The highest BCUT2D eigenvalue weighted by molar-refractivity contribution is 5.67. The van der Waals surface area contributed by atoms with Crippen LogP contribution in [0.3, 0.4) is 0 Å². The van der Waals surface area contributed by atoms with Crippen molar-refractivity contribution in [3.05, 3.63) is 16.7 Å². The van der Waals surface area contributed by atoms with Gasteiger partial charge < -0.3 is 10.8 Å². The lowest BCUT2D eigenvalue weighted by Crippen LogP contribution is -2.33. The molecule has 0 atom stereocenters. The molecule has 2 rings (SSSR count). The van der Waals surface area contributed by atoms with Gasteiger partial charge in [-0.1, -0.05) is 4.98 Å². The fraction of sp³-hybridized carbons (Fsp3) is 0.500. The number of imidazole rings is 1. The Morgan fingerprint density at radius 2 is 2.25 bits per heavy atom. The Labute approximate surface area is 114 Å². The average Bonchev–Trinajstić information content (AvgIpc) is 2.65. The molecular formula is C12H18N5O3+. The molecule has 4 N–H and O–H groups in total. The van der Waals surface area contributed by atoms with Crippen molar-refractivity contribution in [2.45, 2.75) is 32.2 Å². The summed E-state index contributed by atoms with van der Waals surface area (Å²) in [6.45, 7) is 0.673. The number of fused-ring (bicyclic) bond motifs is 1. The Morgan fingerprint density at radius 1 is 1.50 bits per heavy atom. The Morgan fingerprint density at radius 3 is 2.95 bits per heavy atom. The van der Waals surface area contributed by atoms with Crippen LogP contribution in [-0.2, 0) is 18.4 Å². The number of aliphatic carboxylic acids is 1. The number of nitrogens with one attached hydrogen (secondary N) is 1. The van der Waals surface area contributed by atoms with E-state index >= 15 is 0 Å². The van der Waals surface area contributed by atoms with Gasteiger partial charge >= 0.3 is 11.6 Å². The van der Waals surface area contributed by atoms with E-state index in [1.54, 1.807) is 17.9 Å². The third kappa shape index (κ3) is 2.95. The van der Waals surface area contributed by atoms with E-state index in [1.807, 2.05) is 4.57 Å². The van der Waals surface area contributed by atoms with Crippen molar-refractivity contribution in [3.63, 3.8) is 0 Å². The highest BCUT2D eigenvalue weighted by Crippen LogP contribution is 2.05. The Bertz CT molecular complexity index is 688. The summed E-state index contributed by atoms with van der Waals surface area (Å²) in [7, 11) is 1.77. The lowest BCUT2D eigenvalue weighted by molar-refractivity contribution is -0.674. The molecule has 0 bridgehead atoms. The number of carboxylic acids is 1. The number of nitrogens with zero attached hydrogens (tertiary/aromatic N) is 3. The first-order valence-electron chi connectivity index (χ1n) is 6.45. The van der Waals surface area contributed by atoms with Crippen LogP contribution in [0.4, 0.5) is 5.95 Å². The van der Waals surface area contributed by atoms with Crippen molar-refractivity contribution >= 4 is 23.1 Å². The number of hydrogen-bond acceptors (Lipinski definition) is 4. The van der Waals surface area contributed by atoms with Crippen LogP contribution in [0, 0.1) is 0 Å². The van der Waals surface area contributed by atoms with Crippen molar-refractivity contribution < 1.29 is 14.5 Å². The summed E-state index contributed by atoms with van der Waals surface area (Å²) < 4.78 is 3.57. The molecule has 0 aliphatic rings. The molecule has 0 aliphatic carbocycles. The van der Waals surface area contributed by atoms with Crippen molar-refractivity contribution in [1.29, 1.82) is 0 Å². The van der Waals surface area contributed by atoms with Gasteiger partial charge in [0.2, 0.25) is 5.52 Å². The highest BCUT2D eigenvalue weighted by atomic mass is 16.4. The third-order valence-electron chi connectivity index (χ3n) is 3.12. The fourth-order valence-corrected chi connectivity index (χ4v) is 2.21. The summed E-state index contributed by atoms with van der Waals surface area (Å²) in [4.78, 5) is 28.8. The van der Waals surface area contributed by atoms with Crippen LogP contribution in [-0.4, -0.2) is 25.6 Å². The second-order valence-corrected chi connectivity index (χ2v) is 4.75. The third-order valence-corrected chi connectivity index (χ3v) is 3.12. The maximum Gasteiger partial charge on any atom is 0.311 e. The summed E-state index contributed by atoms with van der Waals surface area (Å²) in [6.07, 6.45) is 4.27. The van der Waals surface area contributed by atoms with Crippen LogP contribution < -0.4 is 15.9 Å². The van der Waals surface area contributed by atoms with Gasteiger partial charge in [-0.15, -0.1) is 0 Å². The number of nitrogen functional groups attached to an aromatic ring is 1. The molecule has 0 saturated heterocycles. The van der Waals surface area contributed by atoms with Crippen LogP contribution in [0.1, 0.15) is 25.7 Å². The molecule has 0 amide bonds. The van der Waals surface area contributed by atoms with Gasteiger partial charge in [0.25, 0.3) is 11.5 Å². The van der Waals surface area contributed by atoms with Gasteiger partial charge in [-0.2, -0.15) is 0 Å². The quantitative estimate of drug-likeness (QED) is 0.499. The smallest absolute Gasteiger partial charge is 0.311 e. The zero-order valence-electron chi connectivity index (χ0n) is 11.3. The van der Waals surface area contributed by atoms with Crippen molar-refractivity contribution in [2.24, 2.45) is 7.05 Å². The van der Waals surface area contributed by atoms with Gasteiger partial charge in [0.15, 0.2) is 6.33 Å². The Kier molecular flexibility index (Phi) is 4.02. The molecule has 2 aromatic rings. The minimum atomic E-state index is -0.774. The molecule has 0 aromatic carbocycles. The first kappa shape index (κ1) is 14.0. The van der Waals surface area contributed by atoms with Crippen molar-refractivity contribution in [1.82, 2.24) is 14.5 Å². The zero-order valence-corrected chi connectivity index (χ0v) is 11.3. The maximum absolute atomic E-state index is 11.8. The summed E-state index contributed by atoms with van der Waals surface area (Å²) in [6, 6.07) is 0. The minimum Gasteiger partial charge on any atom is -0.481 e. The number of aromatic nitrogens is 4. The van der Waals surface area contributed by atoms with Crippen LogP contribution in [0.5, 0.6) is 0 Å². The normalized spacial score (nSPS) is 11.1. The molecule has 20 heavy (non-hydrogen) atoms. The summed E-state index contributed by atoms with van der Waals surface area (Å²) >= 11 is 0. The van der Waals surface area contributed by atoms with E-state index in [1.165, 1.54) is 0 Å². The number of hydrogen-bond donors (Lipinski definition) is 3. The molecule has 2 aromatic heterocycles. The molecule has 0 radical (unpaired) electrons. The molecule has 2 heterocycles. The lowest BCUT2D eigenvalue weighted by atomic mass is 10.2. The molecule has 8 nitrogen and oxygen atoms in total. The predicted octanol–water partition coefficient (Wildman–Crippen LogP) is -0.224. The number of H-pyrrole nitrogens is 1. The molecule has 0 saturated carbocycles. The first-order valence-corrected chi connectivity index (χ1v) is 6.45. The number of nitrogens with two attached hydrogens (primary N) is 1. The molecule has 8 heteroatoms. The topological polar surface area (TPSA) is 118 Å². The Hall–Kier alpha value is -2.38. The van der Waals surface area contributed by atoms with Gasteiger partial charge in [-0.25, -0.2) is 4.57 Å². The molecule has 0 unspecified atom stereocenters. The van der Waals surface area contributed by atoms with Gasteiger partial charge in [0.05, 0.1) is 13.6 Å². The SMILES string of the molecule is Cn1c[n+](CCCCCC(=O)O)c2nc(N)[nH]c(=O)c21. The van der Waals surface area contributed by atoms with Crippen LogP contribution in [0.25, 0.3) is 11.2 Å². The molecule has 108 valence electrons. The van der Waals surface area contributed by atoms with Gasteiger partial charge in [-0.3, -0.25) is 19.1 Å². The van der Waals surface area contributed by atoms with E-state index in [0.29, 0.717) is 24.1 Å². The van der Waals surface area contributed by atoms with Gasteiger partial charge in [0, 0.05) is 6.42 Å². The number of carbonyl (C=O) groups is 1. The zero-order chi connectivity index (χ0) is 14.7. The van der Waals surface area contributed by atoms with Crippen LogP contribution in [0.15, 0.2) is 11.1 Å². The predicted molar refractivity (Wildman–Crippen MR) is 72.0 cm³/mol. The standard InChI is InChI=1S/C12H17N5O3/c1-16-7-17(6-4-2-3-5-8(18)19)10-9(16)11(20)15-12(13)14-10/h7H,2-6H2,1H3,(H3-,13,14,15,18,19,20)/p+1. The highest BCUT2D eigenvalue weighted by Gasteiger charge is 2.18. The summed E-state index contributed by atoms with van der Waals surface area (Å²) in [5.74, 6) is -0.683. The van der Waals surface area contributed by atoms with E-state index < -0.39 is 5.97 Å². The molecule has 0 aliphatic heterocycles. The largest absolute Gasteiger partial charge is 0.481 e. The van der Waals surface area contributed by atoms with E-state index in [2.05, 4.69) is 9.97 Å². The van der Waals surface area contributed by atoms with Gasteiger partial charge in [-0.05, 0) is 19.3 Å². The number of unbranched alkanes of at least 4 members (excludes halogenated alkanes) is 2. The van der Waals surface area contributed by atoms with E-state index in [4.69, 9.17) is 10.8 Å². The van der Waals surface area contributed by atoms with Gasteiger partial charge in [0.1, 0.15) is 0 Å². The number of aromatic amines is 1. The first-order chi connectivity index (χ1) is 9.49. The fourth-order valence-electron chi connectivity index (χ4n) is 2.21. The Balaban J connectivity index is 2.11. The second-order valence-electron chi connectivity index (χ2n) is 4.75. The minimum absolute atomic E-state index is 0.0910. The van der Waals surface area contributed by atoms with Crippen LogP contribution >= 0.6 is 0 Å². The molecular weight excluding hydrogens is 262 g/mol. The number of aryl methyl sites for hydroxylation is 2. The van der Waals surface area contributed by atoms with E-state index in [9.17, 15) is 9.59 Å². The summed E-state index contributed by atoms with van der Waals surface area (Å²) in [5, 5.41) is 8.56. The second kappa shape index (κ2) is 5.72. The van der Waals surface area contributed by atoms with E-state index in [-0.39, 0.29) is 17.9 Å². The summed E-state index contributed by atoms with van der Waals surface area (Å²) in [5.41, 5.74) is 6.32. The number of carboxylic acid groups (broad SMARTS) is 1. The molecule has 0 fully saturated rings. The van der Waals surface area contributed by atoms with Crippen molar-refractivity contribution in [2.75, 3.05) is 5.73 Å².